The molecule has 21 heavy (non-hydrogen) atoms. The number of sulfonamides is 1. The number of aromatic amines is 1. The van der Waals surface area contributed by atoms with Gasteiger partial charge in [-0.15, -0.1) is 0 Å². The number of likely N-dealkylation sites (N-methyl/N-ethyl adjacent to an activating group) is 1. The van der Waals surface area contributed by atoms with Crippen molar-refractivity contribution in [2.45, 2.75) is 17.9 Å². The normalized spacial score (nSPS) is 14.5. The maximum absolute atomic E-state index is 12.2. The number of nitrogens with one attached hydrogen (secondary N) is 2. The first-order valence-electron chi connectivity index (χ1n) is 6.35. The van der Waals surface area contributed by atoms with E-state index in [-0.39, 0.29) is 23.8 Å². The van der Waals surface area contributed by atoms with Crippen LogP contribution in [-0.4, -0.2) is 31.6 Å². The number of fused-ring (bicyclic) bond motifs is 1. The molecule has 2 heterocycles. The fourth-order valence-corrected chi connectivity index (χ4v) is 3.31. The molecule has 0 fully saturated rings. The summed E-state index contributed by atoms with van der Waals surface area (Å²) in [6.45, 7) is 0.137. The molecule has 0 atom stereocenters. The second kappa shape index (κ2) is 4.97. The Morgan fingerprint density at radius 2 is 2.19 bits per heavy atom. The van der Waals surface area contributed by atoms with Gasteiger partial charge in [-0.25, -0.2) is 13.1 Å². The average Bonchev–Trinajstić information content (AvgIpc) is 3.06. The maximum atomic E-state index is 12.2. The van der Waals surface area contributed by atoms with Crippen molar-refractivity contribution in [2.75, 3.05) is 11.9 Å². The van der Waals surface area contributed by atoms with Gasteiger partial charge in [0, 0.05) is 18.9 Å². The van der Waals surface area contributed by atoms with Crippen molar-refractivity contribution in [3.63, 3.8) is 0 Å². The first-order chi connectivity index (χ1) is 9.97. The lowest BCUT2D eigenvalue weighted by Gasteiger charge is -2.11. The Morgan fingerprint density at radius 1 is 1.38 bits per heavy atom. The molecule has 0 unspecified atom stereocenters. The van der Waals surface area contributed by atoms with Crippen LogP contribution in [0.5, 0.6) is 0 Å². The van der Waals surface area contributed by atoms with Gasteiger partial charge in [-0.05, 0) is 29.8 Å². The van der Waals surface area contributed by atoms with Gasteiger partial charge >= 0.3 is 0 Å². The largest absolute Gasteiger partial charge is 0.315 e. The molecule has 1 aliphatic heterocycles. The molecule has 8 heteroatoms. The number of anilines is 1. The molecular formula is C13H14N4O3S. The monoisotopic (exact) mass is 306 g/mol. The first kappa shape index (κ1) is 13.8. The minimum atomic E-state index is -3.62. The topological polar surface area (TPSA) is 95.2 Å². The molecule has 0 saturated carbocycles. The molecule has 0 saturated heterocycles. The van der Waals surface area contributed by atoms with Crippen molar-refractivity contribution in [3.8, 4) is 0 Å². The number of hydrogen-bond acceptors (Lipinski definition) is 4. The molecule has 110 valence electrons. The van der Waals surface area contributed by atoms with E-state index in [4.69, 9.17) is 0 Å². The third-order valence-corrected chi connectivity index (χ3v) is 4.85. The van der Waals surface area contributed by atoms with Gasteiger partial charge in [0.2, 0.25) is 15.9 Å². The quantitative estimate of drug-likeness (QED) is 0.855. The van der Waals surface area contributed by atoms with Crippen molar-refractivity contribution in [3.05, 3.63) is 41.7 Å². The third kappa shape index (κ3) is 2.55. The van der Waals surface area contributed by atoms with Crippen LogP contribution in [-0.2, 0) is 27.8 Å². The van der Waals surface area contributed by atoms with Crippen LogP contribution in [0, 0.1) is 0 Å². The summed E-state index contributed by atoms with van der Waals surface area (Å²) in [5, 5.41) is 6.44. The molecule has 2 N–H and O–H groups in total. The highest BCUT2D eigenvalue weighted by molar-refractivity contribution is 7.89. The molecule has 0 aliphatic carbocycles. The SMILES string of the molecule is CN1C(=O)Cc2cc(S(=O)(=O)NCc3ccn[nH]3)ccc21. The second-order valence-electron chi connectivity index (χ2n) is 4.83. The van der Waals surface area contributed by atoms with E-state index in [1.54, 1.807) is 31.4 Å². The Balaban J connectivity index is 1.83. The zero-order chi connectivity index (χ0) is 15.0. The van der Waals surface area contributed by atoms with Crippen LogP contribution in [0.3, 0.4) is 0 Å². The molecule has 1 amide bonds. The summed E-state index contributed by atoms with van der Waals surface area (Å²) in [4.78, 5) is 13.3. The summed E-state index contributed by atoms with van der Waals surface area (Å²) in [6.07, 6.45) is 1.79. The minimum Gasteiger partial charge on any atom is -0.315 e. The Labute approximate surface area is 122 Å². The number of rotatable bonds is 4. The number of amides is 1. The van der Waals surface area contributed by atoms with Crippen LogP contribution < -0.4 is 9.62 Å². The van der Waals surface area contributed by atoms with Gasteiger partial charge in [0.1, 0.15) is 0 Å². The van der Waals surface area contributed by atoms with Gasteiger partial charge < -0.3 is 4.90 Å². The van der Waals surface area contributed by atoms with Crippen LogP contribution in [0.15, 0.2) is 35.4 Å². The lowest BCUT2D eigenvalue weighted by molar-refractivity contribution is -0.117. The Kier molecular flexibility index (Phi) is 3.26. The summed E-state index contributed by atoms with van der Waals surface area (Å²) >= 11 is 0. The molecule has 1 aliphatic rings. The van der Waals surface area contributed by atoms with E-state index in [0.29, 0.717) is 5.69 Å². The fraction of sp³-hybridized carbons (Fsp3) is 0.231. The van der Waals surface area contributed by atoms with Crippen molar-refractivity contribution in [1.29, 1.82) is 0 Å². The van der Waals surface area contributed by atoms with Gasteiger partial charge in [-0.1, -0.05) is 0 Å². The molecular weight excluding hydrogens is 292 g/mol. The minimum absolute atomic E-state index is 0.0371. The highest BCUT2D eigenvalue weighted by atomic mass is 32.2. The van der Waals surface area contributed by atoms with E-state index in [2.05, 4.69) is 14.9 Å². The van der Waals surface area contributed by atoms with E-state index in [1.165, 1.54) is 11.0 Å². The van der Waals surface area contributed by atoms with Crippen LogP contribution in [0.2, 0.25) is 0 Å². The first-order valence-corrected chi connectivity index (χ1v) is 7.83. The summed E-state index contributed by atoms with van der Waals surface area (Å²) in [7, 11) is -1.94. The summed E-state index contributed by atoms with van der Waals surface area (Å²) in [5.74, 6) is -0.0371. The van der Waals surface area contributed by atoms with Gasteiger partial charge in [0.15, 0.2) is 0 Å². The van der Waals surface area contributed by atoms with Crippen molar-refractivity contribution in [2.24, 2.45) is 0 Å². The molecule has 0 bridgehead atoms. The molecule has 1 aromatic heterocycles. The maximum Gasteiger partial charge on any atom is 0.240 e. The number of H-pyrrole nitrogens is 1. The molecule has 7 nitrogen and oxygen atoms in total. The second-order valence-corrected chi connectivity index (χ2v) is 6.59. The molecule has 3 rings (SSSR count). The predicted octanol–water partition coefficient (Wildman–Crippen LogP) is 0.407. The van der Waals surface area contributed by atoms with Crippen molar-refractivity contribution < 1.29 is 13.2 Å². The summed E-state index contributed by atoms with van der Waals surface area (Å²) in [5.41, 5.74) is 2.16. The lowest BCUT2D eigenvalue weighted by Crippen LogP contribution is -2.23. The summed E-state index contributed by atoms with van der Waals surface area (Å²) < 4.78 is 27.0. The number of carbonyl (C=O) groups excluding carboxylic acids is 1. The zero-order valence-electron chi connectivity index (χ0n) is 11.3. The van der Waals surface area contributed by atoms with Gasteiger partial charge in [-0.2, -0.15) is 5.10 Å². The Hall–Kier alpha value is -2.19. The lowest BCUT2D eigenvalue weighted by atomic mass is 10.2. The fourth-order valence-electron chi connectivity index (χ4n) is 2.25. The smallest absolute Gasteiger partial charge is 0.240 e. The van der Waals surface area contributed by atoms with Crippen LogP contribution in [0.25, 0.3) is 0 Å². The van der Waals surface area contributed by atoms with E-state index in [1.807, 2.05) is 0 Å². The standard InChI is InChI=1S/C13H14N4O3S/c1-17-12-3-2-11(6-9(12)7-13(17)18)21(19,20)15-8-10-4-5-14-16-10/h2-6,15H,7-8H2,1H3,(H,14,16). The number of hydrogen-bond donors (Lipinski definition) is 2. The van der Waals surface area contributed by atoms with E-state index < -0.39 is 10.0 Å². The molecule has 1 aromatic carbocycles. The number of nitrogens with zero attached hydrogens (tertiary/aromatic N) is 2. The highest BCUT2D eigenvalue weighted by Gasteiger charge is 2.26. The van der Waals surface area contributed by atoms with Crippen LogP contribution >= 0.6 is 0 Å². The summed E-state index contributed by atoms with van der Waals surface area (Å²) in [6, 6.07) is 6.40. The zero-order valence-corrected chi connectivity index (χ0v) is 12.1. The average molecular weight is 306 g/mol. The third-order valence-electron chi connectivity index (χ3n) is 3.45. The number of benzene rings is 1. The van der Waals surface area contributed by atoms with Crippen molar-refractivity contribution in [1.82, 2.24) is 14.9 Å². The van der Waals surface area contributed by atoms with Crippen LogP contribution in [0.4, 0.5) is 5.69 Å². The van der Waals surface area contributed by atoms with E-state index >= 15 is 0 Å². The number of aromatic nitrogens is 2. The van der Waals surface area contributed by atoms with Gasteiger partial charge in [0.25, 0.3) is 0 Å². The highest BCUT2D eigenvalue weighted by Crippen LogP contribution is 2.29. The molecule has 0 radical (unpaired) electrons. The Morgan fingerprint density at radius 3 is 2.90 bits per heavy atom. The predicted molar refractivity (Wildman–Crippen MR) is 76.2 cm³/mol. The molecule has 2 aromatic rings. The van der Waals surface area contributed by atoms with Gasteiger partial charge in [-0.3, -0.25) is 9.89 Å². The van der Waals surface area contributed by atoms with Gasteiger partial charge in [0.05, 0.1) is 23.6 Å². The van der Waals surface area contributed by atoms with Crippen LogP contribution in [0.1, 0.15) is 11.3 Å². The Bertz CT molecular complexity index is 784. The van der Waals surface area contributed by atoms with Crippen molar-refractivity contribution >= 4 is 21.6 Å². The number of carbonyl (C=O) groups is 1. The molecule has 0 spiro atoms. The van der Waals surface area contributed by atoms with E-state index in [0.717, 1.165) is 11.3 Å². The van der Waals surface area contributed by atoms with E-state index in [9.17, 15) is 13.2 Å².